The van der Waals surface area contributed by atoms with Crippen LogP contribution in [0.3, 0.4) is 0 Å². The molecule has 0 aliphatic carbocycles. The largest absolute Gasteiger partial charge is 0.464 e. The van der Waals surface area contributed by atoms with Gasteiger partial charge in [0.1, 0.15) is 17.3 Å². The molecular weight excluding hydrogens is 371 g/mol. The highest BCUT2D eigenvalue weighted by atomic mass is 32.2. The first-order chi connectivity index (χ1) is 12.8. The van der Waals surface area contributed by atoms with Crippen LogP contribution < -0.4 is 5.32 Å². The highest BCUT2D eigenvalue weighted by Crippen LogP contribution is 2.25. The zero-order chi connectivity index (χ0) is 19.6. The molecule has 1 fully saturated rings. The highest BCUT2D eigenvalue weighted by Gasteiger charge is 2.32. The van der Waals surface area contributed by atoms with Gasteiger partial charge in [0.15, 0.2) is 0 Å². The second-order valence-electron chi connectivity index (χ2n) is 6.81. The van der Waals surface area contributed by atoms with E-state index < -0.39 is 15.8 Å². The van der Waals surface area contributed by atoms with E-state index >= 15 is 0 Å². The van der Waals surface area contributed by atoms with Crippen molar-refractivity contribution in [1.29, 1.82) is 0 Å². The molecule has 1 atom stereocenters. The number of carbonyl (C=O) groups is 1. The number of rotatable bonds is 5. The van der Waals surface area contributed by atoms with Crippen molar-refractivity contribution >= 4 is 15.9 Å². The summed E-state index contributed by atoms with van der Waals surface area (Å²) < 4.78 is 45.2. The molecule has 6 nitrogen and oxygen atoms in total. The van der Waals surface area contributed by atoms with Gasteiger partial charge >= 0.3 is 0 Å². The average Bonchev–Trinajstić information content (AvgIpc) is 3.09. The Morgan fingerprint density at radius 3 is 2.37 bits per heavy atom. The van der Waals surface area contributed by atoms with Crippen molar-refractivity contribution < 1.29 is 22.0 Å². The normalized spacial score (nSPS) is 17.6. The third kappa shape index (κ3) is 4.39. The van der Waals surface area contributed by atoms with E-state index in [0.29, 0.717) is 18.6 Å². The van der Waals surface area contributed by atoms with Crippen LogP contribution in [0.2, 0.25) is 0 Å². The molecule has 0 bridgehead atoms. The lowest BCUT2D eigenvalue weighted by Crippen LogP contribution is -2.43. The van der Waals surface area contributed by atoms with Gasteiger partial charge in [0, 0.05) is 19.0 Å². The van der Waals surface area contributed by atoms with Gasteiger partial charge in [-0.1, -0.05) is 0 Å². The van der Waals surface area contributed by atoms with E-state index in [1.807, 2.05) is 26.0 Å². The fraction of sp³-hybridized carbons (Fsp3) is 0.421. The number of piperidine rings is 1. The Bertz CT molecular complexity index is 900. The van der Waals surface area contributed by atoms with Crippen LogP contribution in [0.15, 0.2) is 45.7 Å². The molecule has 1 N–H and O–H groups in total. The van der Waals surface area contributed by atoms with Crippen LogP contribution in [-0.4, -0.2) is 31.7 Å². The van der Waals surface area contributed by atoms with Crippen molar-refractivity contribution in [3.8, 4) is 0 Å². The summed E-state index contributed by atoms with van der Waals surface area (Å²) in [5.74, 6) is 0.645. The smallest absolute Gasteiger partial charge is 0.243 e. The maximum atomic E-state index is 13.0. The van der Waals surface area contributed by atoms with Crippen LogP contribution in [0.25, 0.3) is 0 Å². The number of benzene rings is 1. The number of carbonyl (C=O) groups excluding carboxylic acids is 1. The minimum Gasteiger partial charge on any atom is -0.464 e. The first-order valence-corrected chi connectivity index (χ1v) is 10.3. The zero-order valence-corrected chi connectivity index (χ0v) is 16.1. The molecule has 0 radical (unpaired) electrons. The minimum atomic E-state index is -3.67. The lowest BCUT2D eigenvalue weighted by Gasteiger charge is -2.31. The van der Waals surface area contributed by atoms with E-state index in [-0.39, 0.29) is 35.9 Å². The lowest BCUT2D eigenvalue weighted by atomic mass is 9.97. The summed E-state index contributed by atoms with van der Waals surface area (Å²) >= 11 is 0. The molecule has 1 saturated heterocycles. The molecule has 0 saturated carbocycles. The molecule has 2 aromatic rings. The SMILES string of the molecule is Cc1ccc(C(C)NC(=O)C2CCN(S(=O)(=O)c3ccc(F)cc3)CC2)o1. The predicted octanol–water partition coefficient (Wildman–Crippen LogP) is 3.01. The van der Waals surface area contributed by atoms with E-state index in [9.17, 15) is 17.6 Å². The molecule has 2 heterocycles. The number of amides is 1. The predicted molar refractivity (Wildman–Crippen MR) is 97.9 cm³/mol. The summed E-state index contributed by atoms with van der Waals surface area (Å²) in [7, 11) is -3.67. The van der Waals surface area contributed by atoms with E-state index in [1.165, 1.54) is 16.4 Å². The first kappa shape index (κ1) is 19.6. The molecule has 1 aliphatic rings. The number of halogens is 1. The summed E-state index contributed by atoms with van der Waals surface area (Å²) in [5.41, 5.74) is 0. The molecule has 1 aromatic heterocycles. The first-order valence-electron chi connectivity index (χ1n) is 8.90. The Kier molecular flexibility index (Phi) is 5.67. The zero-order valence-electron chi connectivity index (χ0n) is 15.3. The molecule has 27 heavy (non-hydrogen) atoms. The van der Waals surface area contributed by atoms with E-state index in [2.05, 4.69) is 5.32 Å². The fourth-order valence-electron chi connectivity index (χ4n) is 3.20. The summed E-state index contributed by atoms with van der Waals surface area (Å²) in [6.07, 6.45) is 0.881. The number of hydrogen-bond acceptors (Lipinski definition) is 4. The van der Waals surface area contributed by atoms with Crippen LogP contribution in [0.1, 0.15) is 37.3 Å². The maximum Gasteiger partial charge on any atom is 0.243 e. The van der Waals surface area contributed by atoms with Crippen LogP contribution in [-0.2, 0) is 14.8 Å². The molecule has 1 aliphatic heterocycles. The van der Waals surface area contributed by atoms with E-state index in [0.717, 1.165) is 17.9 Å². The van der Waals surface area contributed by atoms with E-state index in [1.54, 1.807) is 0 Å². The summed E-state index contributed by atoms with van der Waals surface area (Å²) in [6.45, 7) is 4.21. The van der Waals surface area contributed by atoms with Gasteiger partial charge in [-0.3, -0.25) is 4.79 Å². The molecule has 146 valence electrons. The van der Waals surface area contributed by atoms with Crippen molar-refractivity contribution in [3.63, 3.8) is 0 Å². The van der Waals surface area contributed by atoms with Gasteiger partial charge in [-0.25, -0.2) is 12.8 Å². The van der Waals surface area contributed by atoms with Crippen LogP contribution in [0, 0.1) is 18.7 Å². The van der Waals surface area contributed by atoms with Gasteiger partial charge in [0.25, 0.3) is 0 Å². The number of hydrogen-bond donors (Lipinski definition) is 1. The van der Waals surface area contributed by atoms with Crippen molar-refractivity contribution in [2.75, 3.05) is 13.1 Å². The number of furan rings is 1. The summed E-state index contributed by atoms with van der Waals surface area (Å²) in [5, 5.41) is 2.93. The Labute approximate surface area is 158 Å². The lowest BCUT2D eigenvalue weighted by molar-refractivity contribution is -0.126. The van der Waals surface area contributed by atoms with Crippen LogP contribution >= 0.6 is 0 Å². The van der Waals surface area contributed by atoms with Gasteiger partial charge in [-0.15, -0.1) is 0 Å². The Balaban J connectivity index is 1.58. The maximum absolute atomic E-state index is 13.0. The third-order valence-electron chi connectivity index (χ3n) is 4.82. The Hall–Kier alpha value is -2.19. The summed E-state index contributed by atoms with van der Waals surface area (Å²) in [4.78, 5) is 12.6. The molecule has 1 aromatic carbocycles. The monoisotopic (exact) mass is 394 g/mol. The third-order valence-corrected chi connectivity index (χ3v) is 6.74. The quantitative estimate of drug-likeness (QED) is 0.845. The number of nitrogens with zero attached hydrogens (tertiary/aromatic N) is 1. The Morgan fingerprint density at radius 1 is 1.19 bits per heavy atom. The number of aryl methyl sites for hydroxylation is 1. The molecule has 8 heteroatoms. The molecule has 1 unspecified atom stereocenters. The van der Waals surface area contributed by atoms with Crippen molar-refractivity contribution in [2.45, 2.75) is 37.6 Å². The number of sulfonamides is 1. The topological polar surface area (TPSA) is 79.6 Å². The van der Waals surface area contributed by atoms with Gasteiger partial charge in [0.2, 0.25) is 15.9 Å². The van der Waals surface area contributed by atoms with E-state index in [4.69, 9.17) is 4.42 Å². The molecule has 1 amide bonds. The summed E-state index contributed by atoms with van der Waals surface area (Å²) in [6, 6.07) is 8.21. The fourth-order valence-corrected chi connectivity index (χ4v) is 4.67. The molecule has 0 spiro atoms. The van der Waals surface area contributed by atoms with Gasteiger partial charge in [-0.2, -0.15) is 4.31 Å². The van der Waals surface area contributed by atoms with Gasteiger partial charge < -0.3 is 9.73 Å². The second-order valence-corrected chi connectivity index (χ2v) is 8.75. The van der Waals surface area contributed by atoms with Crippen molar-refractivity contribution in [3.05, 3.63) is 53.7 Å². The standard InChI is InChI=1S/C19H23FN2O4S/c1-13-3-8-18(26-13)14(2)21-19(23)15-9-11-22(12-10-15)27(24,25)17-6-4-16(20)5-7-17/h3-8,14-15H,9-12H2,1-2H3,(H,21,23). The molecule has 3 rings (SSSR count). The Morgan fingerprint density at radius 2 is 1.81 bits per heavy atom. The highest BCUT2D eigenvalue weighted by molar-refractivity contribution is 7.89. The van der Waals surface area contributed by atoms with Crippen molar-refractivity contribution in [1.82, 2.24) is 9.62 Å². The number of nitrogens with one attached hydrogen (secondary N) is 1. The second kappa shape index (κ2) is 7.82. The van der Waals surface area contributed by atoms with Gasteiger partial charge in [0.05, 0.1) is 10.9 Å². The van der Waals surface area contributed by atoms with Crippen LogP contribution in [0.5, 0.6) is 0 Å². The van der Waals surface area contributed by atoms with Gasteiger partial charge in [-0.05, 0) is 63.1 Å². The van der Waals surface area contributed by atoms with Crippen molar-refractivity contribution in [2.24, 2.45) is 5.92 Å². The average molecular weight is 394 g/mol. The minimum absolute atomic E-state index is 0.0635. The molecular formula is C19H23FN2O4S. The van der Waals surface area contributed by atoms with Crippen LogP contribution in [0.4, 0.5) is 4.39 Å².